The van der Waals surface area contributed by atoms with Crippen LogP contribution in [-0.2, 0) is 0 Å². The smallest absolute Gasteiger partial charge is 0.124 e. The summed E-state index contributed by atoms with van der Waals surface area (Å²) in [6, 6.07) is 8.31. The molecule has 1 saturated carbocycles. The van der Waals surface area contributed by atoms with Crippen LogP contribution in [0.1, 0.15) is 46.2 Å². The first kappa shape index (κ1) is 14.4. The van der Waals surface area contributed by atoms with Crippen molar-refractivity contribution in [2.24, 2.45) is 22.6 Å². The van der Waals surface area contributed by atoms with Gasteiger partial charge in [-0.1, -0.05) is 45.9 Å². The zero-order valence-electron chi connectivity index (χ0n) is 12.7. The van der Waals surface area contributed by atoms with Crippen LogP contribution in [0.5, 0.6) is 5.75 Å². The molecule has 0 radical (unpaired) electrons. The highest BCUT2D eigenvalue weighted by Crippen LogP contribution is 2.72. The molecule has 1 unspecified atom stereocenters. The van der Waals surface area contributed by atoms with Crippen LogP contribution in [-0.4, -0.2) is 6.61 Å². The Morgan fingerprint density at radius 3 is 2.26 bits per heavy atom. The number of hydrogen-bond donors (Lipinski definition) is 2. The number of hydrogen-bond acceptors (Lipinski definition) is 3. The second-order valence-corrected chi connectivity index (χ2v) is 6.54. The Kier molecular flexibility index (Phi) is 3.63. The summed E-state index contributed by atoms with van der Waals surface area (Å²) >= 11 is 0. The summed E-state index contributed by atoms with van der Waals surface area (Å²) < 4.78 is 5.74. The molecule has 1 aromatic rings. The number of para-hydroxylation sites is 1. The van der Waals surface area contributed by atoms with Gasteiger partial charge in [-0.15, -0.1) is 0 Å². The molecule has 1 atom stereocenters. The normalized spacial score (nSPS) is 22.0. The predicted molar refractivity (Wildman–Crippen MR) is 78.7 cm³/mol. The van der Waals surface area contributed by atoms with E-state index in [0.717, 1.165) is 11.3 Å². The number of nitrogens with two attached hydrogens (primary N) is 1. The Hall–Kier alpha value is -1.06. The molecule has 1 aromatic carbocycles. The number of hydrazine groups is 1. The van der Waals surface area contributed by atoms with Crippen molar-refractivity contribution in [3.63, 3.8) is 0 Å². The minimum Gasteiger partial charge on any atom is -0.494 e. The van der Waals surface area contributed by atoms with Gasteiger partial charge >= 0.3 is 0 Å². The van der Waals surface area contributed by atoms with E-state index in [9.17, 15) is 0 Å². The Balaban J connectivity index is 2.34. The van der Waals surface area contributed by atoms with Gasteiger partial charge in [0.15, 0.2) is 0 Å². The van der Waals surface area contributed by atoms with E-state index in [1.54, 1.807) is 0 Å². The van der Waals surface area contributed by atoms with E-state index in [1.807, 2.05) is 25.1 Å². The molecule has 0 aromatic heterocycles. The second-order valence-electron chi connectivity index (χ2n) is 6.54. The van der Waals surface area contributed by atoms with E-state index in [-0.39, 0.29) is 16.9 Å². The average Bonchev–Trinajstić information content (AvgIpc) is 2.75. The minimum absolute atomic E-state index is 0.132. The zero-order chi connectivity index (χ0) is 14.3. The Morgan fingerprint density at radius 2 is 1.79 bits per heavy atom. The molecule has 19 heavy (non-hydrogen) atoms. The summed E-state index contributed by atoms with van der Waals surface area (Å²) in [4.78, 5) is 0. The highest BCUT2D eigenvalue weighted by atomic mass is 16.5. The van der Waals surface area contributed by atoms with Crippen LogP contribution in [0.15, 0.2) is 24.3 Å². The lowest BCUT2D eigenvalue weighted by atomic mass is 9.96. The number of benzene rings is 1. The molecule has 0 bridgehead atoms. The molecule has 0 heterocycles. The Labute approximate surface area is 116 Å². The molecule has 2 rings (SSSR count). The van der Waals surface area contributed by atoms with Crippen LogP contribution >= 0.6 is 0 Å². The van der Waals surface area contributed by atoms with Crippen LogP contribution in [0.3, 0.4) is 0 Å². The largest absolute Gasteiger partial charge is 0.494 e. The maximum Gasteiger partial charge on any atom is 0.124 e. The fourth-order valence-corrected chi connectivity index (χ4v) is 3.47. The van der Waals surface area contributed by atoms with E-state index >= 15 is 0 Å². The van der Waals surface area contributed by atoms with Gasteiger partial charge in [0.2, 0.25) is 0 Å². The van der Waals surface area contributed by atoms with Crippen LogP contribution in [0.2, 0.25) is 0 Å². The Bertz CT molecular complexity index is 440. The van der Waals surface area contributed by atoms with Gasteiger partial charge in [0, 0.05) is 5.56 Å². The lowest BCUT2D eigenvalue weighted by molar-refractivity contribution is 0.323. The van der Waals surface area contributed by atoms with Crippen molar-refractivity contribution in [2.75, 3.05) is 6.61 Å². The lowest BCUT2D eigenvalue weighted by Gasteiger charge is -2.21. The van der Waals surface area contributed by atoms with E-state index < -0.39 is 0 Å². The Morgan fingerprint density at radius 1 is 1.21 bits per heavy atom. The standard InChI is InChI=1S/C16H26N2O/c1-6-19-12-10-8-7-9-11(12)13(18-17)14-15(2,3)16(14,4)5/h7-10,13-14,18H,6,17H2,1-5H3. The lowest BCUT2D eigenvalue weighted by Crippen LogP contribution is -2.31. The molecule has 1 fully saturated rings. The predicted octanol–water partition coefficient (Wildman–Crippen LogP) is 3.27. The molecule has 1 aliphatic rings. The number of nitrogens with one attached hydrogen (secondary N) is 1. The minimum atomic E-state index is 0.132. The maximum atomic E-state index is 5.85. The molecule has 1 aliphatic carbocycles. The van der Waals surface area contributed by atoms with Gasteiger partial charge in [-0.2, -0.15) is 0 Å². The summed E-state index contributed by atoms with van der Waals surface area (Å²) in [5, 5.41) is 0. The third kappa shape index (κ3) is 2.15. The van der Waals surface area contributed by atoms with E-state index in [2.05, 4.69) is 39.2 Å². The van der Waals surface area contributed by atoms with Gasteiger partial charge in [0.1, 0.15) is 5.75 Å². The zero-order valence-corrected chi connectivity index (χ0v) is 12.7. The second kappa shape index (κ2) is 4.80. The SMILES string of the molecule is CCOc1ccccc1C(NN)C1C(C)(C)C1(C)C. The molecule has 3 nitrogen and oxygen atoms in total. The number of ether oxygens (including phenoxy) is 1. The third-order valence-electron chi connectivity index (χ3n) is 5.20. The van der Waals surface area contributed by atoms with Crippen LogP contribution in [0.4, 0.5) is 0 Å². The van der Waals surface area contributed by atoms with Crippen LogP contribution in [0, 0.1) is 16.7 Å². The van der Waals surface area contributed by atoms with Gasteiger partial charge in [-0.3, -0.25) is 11.3 Å². The van der Waals surface area contributed by atoms with Gasteiger partial charge < -0.3 is 4.74 Å². The highest BCUT2D eigenvalue weighted by molar-refractivity contribution is 5.39. The molecular weight excluding hydrogens is 236 g/mol. The molecule has 3 N–H and O–H groups in total. The van der Waals surface area contributed by atoms with E-state index in [4.69, 9.17) is 10.6 Å². The van der Waals surface area contributed by atoms with Crippen molar-refractivity contribution < 1.29 is 4.74 Å². The van der Waals surface area contributed by atoms with Gasteiger partial charge in [-0.25, -0.2) is 0 Å². The first-order valence-corrected chi connectivity index (χ1v) is 7.05. The summed E-state index contributed by atoms with van der Waals surface area (Å²) in [5.41, 5.74) is 4.74. The molecule has 0 aliphatic heterocycles. The number of rotatable bonds is 5. The van der Waals surface area contributed by atoms with E-state index in [1.165, 1.54) is 0 Å². The summed E-state index contributed by atoms with van der Waals surface area (Å²) in [6.07, 6.45) is 0. The molecule has 0 amide bonds. The van der Waals surface area contributed by atoms with Crippen molar-refractivity contribution in [2.45, 2.75) is 40.7 Å². The first-order chi connectivity index (χ1) is 8.87. The molecular formula is C16H26N2O. The van der Waals surface area contributed by atoms with Gasteiger partial charge in [0.25, 0.3) is 0 Å². The van der Waals surface area contributed by atoms with Crippen LogP contribution in [0.25, 0.3) is 0 Å². The van der Waals surface area contributed by atoms with Gasteiger partial charge in [0.05, 0.1) is 12.6 Å². The molecule has 3 heteroatoms. The topological polar surface area (TPSA) is 47.3 Å². The van der Waals surface area contributed by atoms with E-state index in [0.29, 0.717) is 12.5 Å². The maximum absolute atomic E-state index is 5.85. The molecule has 0 spiro atoms. The summed E-state index contributed by atoms with van der Waals surface area (Å²) in [6.45, 7) is 11.9. The third-order valence-corrected chi connectivity index (χ3v) is 5.20. The molecule has 106 valence electrons. The average molecular weight is 262 g/mol. The monoisotopic (exact) mass is 262 g/mol. The fourth-order valence-electron chi connectivity index (χ4n) is 3.47. The van der Waals surface area contributed by atoms with Crippen molar-refractivity contribution in [3.8, 4) is 5.75 Å². The molecule has 0 saturated heterocycles. The van der Waals surface area contributed by atoms with Crippen molar-refractivity contribution in [3.05, 3.63) is 29.8 Å². The van der Waals surface area contributed by atoms with Crippen molar-refractivity contribution in [1.29, 1.82) is 0 Å². The summed E-state index contributed by atoms with van der Waals surface area (Å²) in [5.74, 6) is 7.29. The first-order valence-electron chi connectivity index (χ1n) is 7.05. The quantitative estimate of drug-likeness (QED) is 0.632. The fraction of sp³-hybridized carbons (Fsp3) is 0.625. The van der Waals surface area contributed by atoms with Crippen LogP contribution < -0.4 is 16.0 Å². The summed E-state index contributed by atoms with van der Waals surface area (Å²) in [7, 11) is 0. The van der Waals surface area contributed by atoms with Gasteiger partial charge in [-0.05, 0) is 29.7 Å². The highest BCUT2D eigenvalue weighted by Gasteiger charge is 2.67. The van der Waals surface area contributed by atoms with Crippen molar-refractivity contribution in [1.82, 2.24) is 5.43 Å². The van der Waals surface area contributed by atoms with Crippen molar-refractivity contribution >= 4 is 0 Å².